The largest absolute Gasteiger partial charge is 0.374 e. The summed E-state index contributed by atoms with van der Waals surface area (Å²) in [6.07, 6.45) is 1.45. The Morgan fingerprint density at radius 3 is 2.56 bits per heavy atom. The average Bonchev–Trinajstić information content (AvgIpc) is 3.12. The van der Waals surface area contributed by atoms with Crippen molar-refractivity contribution >= 4 is 39.6 Å². The van der Waals surface area contributed by atoms with Gasteiger partial charge in [0, 0.05) is 18.7 Å². The van der Waals surface area contributed by atoms with Crippen molar-refractivity contribution in [2.45, 2.75) is 12.8 Å². The number of rotatable bonds is 5. The Labute approximate surface area is 158 Å². The summed E-state index contributed by atoms with van der Waals surface area (Å²) >= 11 is 0. The Morgan fingerprint density at radius 2 is 1.74 bits per heavy atom. The molecule has 1 heterocycles. The molecule has 3 aromatic rings. The van der Waals surface area contributed by atoms with Gasteiger partial charge in [-0.05, 0) is 41.5 Å². The van der Waals surface area contributed by atoms with Crippen LogP contribution < -0.4 is 15.5 Å². The van der Waals surface area contributed by atoms with Crippen LogP contribution in [0.1, 0.15) is 12.8 Å². The molecule has 2 amide bonds. The first-order valence-electron chi connectivity index (χ1n) is 9.13. The lowest BCUT2D eigenvalue weighted by Crippen LogP contribution is -2.26. The van der Waals surface area contributed by atoms with E-state index in [2.05, 4.69) is 10.6 Å². The van der Waals surface area contributed by atoms with Crippen LogP contribution in [-0.4, -0.2) is 24.9 Å². The number of hydrogen-bond acceptors (Lipinski definition) is 3. The standard InChI is InChI=1S/C22H21N3O2/c26-21(24-18-12-11-16-6-1-2-7-17(16)14-18)15-23-19-8-3-4-9-20(19)25-13-5-10-22(25)27/h1-4,6-9,11-12,14,23H,5,10,13,15H2,(H,24,26). The molecule has 0 unspecified atom stereocenters. The maximum Gasteiger partial charge on any atom is 0.243 e. The van der Waals surface area contributed by atoms with Crippen molar-refractivity contribution in [2.24, 2.45) is 0 Å². The monoisotopic (exact) mass is 359 g/mol. The Morgan fingerprint density at radius 1 is 0.963 bits per heavy atom. The van der Waals surface area contributed by atoms with E-state index in [0.717, 1.165) is 40.8 Å². The van der Waals surface area contributed by atoms with Crippen molar-refractivity contribution in [3.63, 3.8) is 0 Å². The Balaban J connectivity index is 1.42. The lowest BCUT2D eigenvalue weighted by Gasteiger charge is -2.20. The first-order valence-corrected chi connectivity index (χ1v) is 9.13. The molecule has 0 bridgehead atoms. The van der Waals surface area contributed by atoms with Crippen molar-refractivity contribution in [3.05, 3.63) is 66.7 Å². The molecular formula is C22H21N3O2. The second-order valence-electron chi connectivity index (χ2n) is 6.63. The summed E-state index contributed by atoms with van der Waals surface area (Å²) in [6.45, 7) is 0.854. The molecule has 1 fully saturated rings. The third-order valence-electron chi connectivity index (χ3n) is 4.74. The third-order valence-corrected chi connectivity index (χ3v) is 4.74. The highest BCUT2D eigenvalue weighted by atomic mass is 16.2. The van der Waals surface area contributed by atoms with E-state index in [0.29, 0.717) is 6.42 Å². The minimum absolute atomic E-state index is 0.130. The van der Waals surface area contributed by atoms with Gasteiger partial charge in [0.2, 0.25) is 11.8 Å². The molecular weight excluding hydrogens is 338 g/mol. The fourth-order valence-electron chi connectivity index (χ4n) is 3.41. The van der Waals surface area contributed by atoms with Gasteiger partial charge in [-0.25, -0.2) is 0 Å². The van der Waals surface area contributed by atoms with E-state index in [1.54, 1.807) is 4.90 Å². The zero-order valence-electron chi connectivity index (χ0n) is 14.9. The first-order chi connectivity index (χ1) is 13.2. The van der Waals surface area contributed by atoms with Crippen LogP contribution in [-0.2, 0) is 9.59 Å². The molecule has 0 radical (unpaired) electrons. The Hall–Kier alpha value is -3.34. The molecule has 0 spiro atoms. The van der Waals surface area contributed by atoms with Crippen LogP contribution in [0.25, 0.3) is 10.8 Å². The number of nitrogens with one attached hydrogen (secondary N) is 2. The average molecular weight is 359 g/mol. The van der Waals surface area contributed by atoms with Crippen LogP contribution in [0.2, 0.25) is 0 Å². The van der Waals surface area contributed by atoms with Gasteiger partial charge in [0.1, 0.15) is 0 Å². The summed E-state index contributed by atoms with van der Waals surface area (Å²) in [5, 5.41) is 8.30. The van der Waals surface area contributed by atoms with Gasteiger partial charge >= 0.3 is 0 Å². The number of nitrogens with zero attached hydrogens (tertiary/aromatic N) is 1. The molecule has 27 heavy (non-hydrogen) atoms. The summed E-state index contributed by atoms with van der Waals surface area (Å²) in [7, 11) is 0. The van der Waals surface area contributed by atoms with Gasteiger partial charge in [-0.2, -0.15) is 0 Å². The van der Waals surface area contributed by atoms with Crippen LogP contribution in [0.3, 0.4) is 0 Å². The topological polar surface area (TPSA) is 61.4 Å². The van der Waals surface area contributed by atoms with Gasteiger partial charge in [0.05, 0.1) is 17.9 Å². The molecule has 2 N–H and O–H groups in total. The fourth-order valence-corrected chi connectivity index (χ4v) is 3.41. The predicted octanol–water partition coefficient (Wildman–Crippen LogP) is 4.02. The van der Waals surface area contributed by atoms with Gasteiger partial charge < -0.3 is 15.5 Å². The SMILES string of the molecule is O=C(CNc1ccccc1N1CCCC1=O)Nc1ccc2ccccc2c1. The van der Waals surface area contributed by atoms with Crippen molar-refractivity contribution in [1.29, 1.82) is 0 Å². The molecule has 5 nitrogen and oxygen atoms in total. The number of amides is 2. The lowest BCUT2D eigenvalue weighted by molar-refractivity contribution is -0.117. The number of hydrogen-bond donors (Lipinski definition) is 2. The van der Waals surface area contributed by atoms with Gasteiger partial charge in [-0.15, -0.1) is 0 Å². The number of benzene rings is 3. The molecule has 0 aliphatic carbocycles. The molecule has 0 atom stereocenters. The normalized spacial score (nSPS) is 13.8. The van der Waals surface area contributed by atoms with Crippen molar-refractivity contribution in [2.75, 3.05) is 28.6 Å². The molecule has 3 aromatic carbocycles. The minimum atomic E-state index is -0.132. The van der Waals surface area contributed by atoms with Crippen LogP contribution >= 0.6 is 0 Å². The van der Waals surface area contributed by atoms with E-state index in [4.69, 9.17) is 0 Å². The smallest absolute Gasteiger partial charge is 0.243 e. The first kappa shape index (κ1) is 17.1. The van der Waals surface area contributed by atoms with E-state index in [1.807, 2.05) is 66.7 Å². The lowest BCUT2D eigenvalue weighted by atomic mass is 10.1. The summed E-state index contributed by atoms with van der Waals surface area (Å²) in [4.78, 5) is 26.2. The zero-order valence-corrected chi connectivity index (χ0v) is 14.9. The highest BCUT2D eigenvalue weighted by Gasteiger charge is 2.23. The van der Waals surface area contributed by atoms with Crippen LogP contribution in [0, 0.1) is 0 Å². The predicted molar refractivity (Wildman–Crippen MR) is 109 cm³/mol. The van der Waals surface area contributed by atoms with Crippen LogP contribution in [0.4, 0.5) is 17.1 Å². The highest BCUT2D eigenvalue weighted by molar-refractivity contribution is 6.00. The Bertz CT molecular complexity index is 1000. The van der Waals surface area contributed by atoms with E-state index in [1.165, 1.54) is 0 Å². The van der Waals surface area contributed by atoms with Gasteiger partial charge in [0.15, 0.2) is 0 Å². The van der Waals surface area contributed by atoms with E-state index in [-0.39, 0.29) is 18.4 Å². The quantitative estimate of drug-likeness (QED) is 0.723. The fraction of sp³-hybridized carbons (Fsp3) is 0.182. The number of fused-ring (bicyclic) bond motifs is 1. The van der Waals surface area contributed by atoms with Crippen LogP contribution in [0.15, 0.2) is 66.7 Å². The van der Waals surface area contributed by atoms with Crippen LogP contribution in [0.5, 0.6) is 0 Å². The molecule has 0 saturated carbocycles. The molecule has 1 saturated heterocycles. The number of para-hydroxylation sites is 2. The maximum absolute atomic E-state index is 12.4. The molecule has 1 aliphatic rings. The second-order valence-corrected chi connectivity index (χ2v) is 6.63. The molecule has 136 valence electrons. The highest BCUT2D eigenvalue weighted by Crippen LogP contribution is 2.29. The summed E-state index contributed by atoms with van der Waals surface area (Å²) in [5.74, 6) is -0.00213. The summed E-state index contributed by atoms with van der Waals surface area (Å²) in [6, 6.07) is 21.5. The second kappa shape index (κ2) is 7.50. The molecule has 1 aliphatic heterocycles. The Kier molecular flexibility index (Phi) is 4.75. The van der Waals surface area contributed by atoms with E-state index in [9.17, 15) is 9.59 Å². The zero-order chi connectivity index (χ0) is 18.6. The van der Waals surface area contributed by atoms with E-state index < -0.39 is 0 Å². The van der Waals surface area contributed by atoms with Crippen molar-refractivity contribution in [1.82, 2.24) is 0 Å². The summed E-state index contributed by atoms with van der Waals surface area (Å²) in [5.41, 5.74) is 2.39. The number of carbonyl (C=O) groups excluding carboxylic acids is 2. The summed E-state index contributed by atoms with van der Waals surface area (Å²) < 4.78 is 0. The van der Waals surface area contributed by atoms with Gasteiger partial charge in [0.25, 0.3) is 0 Å². The maximum atomic E-state index is 12.4. The van der Waals surface area contributed by atoms with Crippen molar-refractivity contribution < 1.29 is 9.59 Å². The third kappa shape index (κ3) is 3.77. The van der Waals surface area contributed by atoms with Crippen molar-refractivity contribution in [3.8, 4) is 0 Å². The van der Waals surface area contributed by atoms with Gasteiger partial charge in [-0.1, -0.05) is 42.5 Å². The number of carbonyl (C=O) groups is 2. The molecule has 4 rings (SSSR count). The van der Waals surface area contributed by atoms with Gasteiger partial charge in [-0.3, -0.25) is 9.59 Å². The molecule has 5 heteroatoms. The molecule has 0 aromatic heterocycles. The number of anilines is 3. The minimum Gasteiger partial charge on any atom is -0.374 e. The van der Waals surface area contributed by atoms with E-state index >= 15 is 0 Å².